The molecule has 0 aliphatic carbocycles. The fourth-order valence-electron chi connectivity index (χ4n) is 3.71. The lowest BCUT2D eigenvalue weighted by Crippen LogP contribution is -2.29. The molecule has 0 spiro atoms. The van der Waals surface area contributed by atoms with Crippen molar-refractivity contribution in [2.24, 2.45) is 0 Å². The second kappa shape index (κ2) is 10.4. The van der Waals surface area contributed by atoms with Crippen LogP contribution in [0, 0.1) is 11.6 Å². The average Bonchev–Trinajstić information content (AvgIpc) is 2.96. The number of hydrogen-bond acceptors (Lipinski definition) is 5. The van der Waals surface area contributed by atoms with Crippen molar-refractivity contribution in [2.45, 2.75) is 42.4 Å². The largest absolute Gasteiger partial charge is 0.370 e. The van der Waals surface area contributed by atoms with Gasteiger partial charge in [0.1, 0.15) is 11.6 Å². The number of carbonyl (C=O) groups excluding carboxylic acids is 1. The molecule has 2 aromatic carbocycles. The minimum Gasteiger partial charge on any atom is -0.370 e. The van der Waals surface area contributed by atoms with Crippen molar-refractivity contribution in [3.8, 4) is 0 Å². The fraction of sp³-hybridized carbons (Fsp3) is 0.435. The monoisotopic (exact) mass is 465 g/mol. The SMILES string of the molecule is CCCCC(=O)Nc1cc(N2CCCN(C)CC2)ccc1S(=O)(=O)c1cc(F)cc(F)c1. The van der Waals surface area contributed by atoms with Gasteiger partial charge in [0.2, 0.25) is 15.7 Å². The van der Waals surface area contributed by atoms with Crippen LogP contribution in [0.15, 0.2) is 46.2 Å². The minimum absolute atomic E-state index is 0.117. The van der Waals surface area contributed by atoms with Crippen LogP contribution in [-0.2, 0) is 14.6 Å². The number of nitrogens with one attached hydrogen (secondary N) is 1. The quantitative estimate of drug-likeness (QED) is 0.668. The molecule has 1 heterocycles. The van der Waals surface area contributed by atoms with Crippen LogP contribution in [0.3, 0.4) is 0 Å². The Labute approximate surface area is 188 Å². The summed E-state index contributed by atoms with van der Waals surface area (Å²) in [6, 6.07) is 6.88. The molecule has 0 radical (unpaired) electrons. The van der Waals surface area contributed by atoms with Crippen LogP contribution < -0.4 is 10.2 Å². The van der Waals surface area contributed by atoms with E-state index in [0.29, 0.717) is 12.5 Å². The van der Waals surface area contributed by atoms with Gasteiger partial charge in [-0.05, 0) is 56.8 Å². The second-order valence-corrected chi connectivity index (χ2v) is 10.0. The topological polar surface area (TPSA) is 69.7 Å². The lowest BCUT2D eigenvalue weighted by atomic mass is 10.2. The molecule has 0 unspecified atom stereocenters. The molecule has 0 aromatic heterocycles. The number of anilines is 2. The summed E-state index contributed by atoms with van der Waals surface area (Å²) in [5.41, 5.74) is 0.904. The number of carbonyl (C=O) groups is 1. The summed E-state index contributed by atoms with van der Waals surface area (Å²) in [6.07, 6.45) is 2.70. The molecule has 1 aliphatic heterocycles. The Bertz CT molecular complexity index is 1060. The number of sulfone groups is 1. The maximum atomic E-state index is 13.7. The van der Waals surface area contributed by atoms with Crippen LogP contribution in [-0.4, -0.2) is 52.5 Å². The van der Waals surface area contributed by atoms with Crippen molar-refractivity contribution in [1.29, 1.82) is 0 Å². The molecule has 1 amide bonds. The van der Waals surface area contributed by atoms with E-state index in [1.165, 1.54) is 6.07 Å². The van der Waals surface area contributed by atoms with E-state index < -0.39 is 26.4 Å². The molecule has 1 fully saturated rings. The Morgan fingerprint density at radius 2 is 1.75 bits per heavy atom. The highest BCUT2D eigenvalue weighted by atomic mass is 32.2. The van der Waals surface area contributed by atoms with Crippen molar-refractivity contribution < 1.29 is 22.0 Å². The third-order valence-corrected chi connectivity index (χ3v) is 7.31. The Morgan fingerprint density at radius 1 is 1.03 bits per heavy atom. The number of rotatable bonds is 7. The molecule has 1 aliphatic rings. The third-order valence-electron chi connectivity index (χ3n) is 5.52. The van der Waals surface area contributed by atoms with Crippen molar-refractivity contribution in [3.63, 3.8) is 0 Å². The molecule has 9 heteroatoms. The number of unbranched alkanes of at least 4 members (excludes halogenated alkanes) is 1. The van der Waals surface area contributed by atoms with Gasteiger partial charge in [0.25, 0.3) is 0 Å². The summed E-state index contributed by atoms with van der Waals surface area (Å²) < 4.78 is 53.9. The van der Waals surface area contributed by atoms with E-state index in [4.69, 9.17) is 0 Å². The van der Waals surface area contributed by atoms with Crippen molar-refractivity contribution >= 4 is 27.1 Å². The molecule has 2 aromatic rings. The summed E-state index contributed by atoms with van der Waals surface area (Å²) in [7, 11) is -2.21. The Balaban J connectivity index is 2.02. The van der Waals surface area contributed by atoms with E-state index in [9.17, 15) is 22.0 Å². The van der Waals surface area contributed by atoms with Crippen LogP contribution in [0.4, 0.5) is 20.2 Å². The smallest absolute Gasteiger partial charge is 0.224 e. The van der Waals surface area contributed by atoms with Crippen molar-refractivity contribution in [3.05, 3.63) is 48.0 Å². The molecule has 0 saturated carbocycles. The van der Waals surface area contributed by atoms with Crippen LogP contribution in [0.5, 0.6) is 0 Å². The highest BCUT2D eigenvalue weighted by Gasteiger charge is 2.25. The summed E-state index contributed by atoms with van der Waals surface area (Å²) in [4.78, 5) is 16.1. The predicted molar refractivity (Wildman–Crippen MR) is 121 cm³/mol. The summed E-state index contributed by atoms with van der Waals surface area (Å²) in [5.74, 6) is -2.27. The normalized spacial score (nSPS) is 15.4. The molecule has 3 rings (SSSR count). The lowest BCUT2D eigenvalue weighted by Gasteiger charge is -2.24. The maximum absolute atomic E-state index is 13.7. The summed E-state index contributed by atoms with van der Waals surface area (Å²) >= 11 is 0. The number of nitrogens with zero attached hydrogens (tertiary/aromatic N) is 2. The molecule has 1 N–H and O–H groups in total. The minimum atomic E-state index is -4.27. The van der Waals surface area contributed by atoms with Crippen LogP contribution in [0.1, 0.15) is 32.6 Å². The summed E-state index contributed by atoms with van der Waals surface area (Å²) in [6.45, 7) is 5.35. The number of benzene rings is 2. The average molecular weight is 466 g/mol. The number of halogens is 2. The molecule has 174 valence electrons. The zero-order valence-electron chi connectivity index (χ0n) is 18.4. The zero-order chi connectivity index (χ0) is 23.3. The van der Waals surface area contributed by atoms with Crippen molar-refractivity contribution in [2.75, 3.05) is 43.4 Å². The first kappa shape index (κ1) is 24.1. The Morgan fingerprint density at radius 3 is 2.44 bits per heavy atom. The molecular weight excluding hydrogens is 436 g/mol. The first-order chi connectivity index (χ1) is 15.2. The molecular formula is C23H29F2N3O3S. The van der Waals surface area contributed by atoms with Gasteiger partial charge in [0.05, 0.1) is 15.5 Å². The molecule has 1 saturated heterocycles. The van der Waals surface area contributed by atoms with Gasteiger partial charge in [-0.15, -0.1) is 0 Å². The number of likely N-dealkylation sites (N-methyl/N-ethyl adjacent to an activating group) is 1. The third kappa shape index (κ3) is 5.83. The van der Waals surface area contributed by atoms with E-state index in [-0.39, 0.29) is 22.9 Å². The molecule has 32 heavy (non-hydrogen) atoms. The van der Waals surface area contributed by atoms with Gasteiger partial charge in [0, 0.05) is 37.8 Å². The van der Waals surface area contributed by atoms with Gasteiger partial charge in [-0.2, -0.15) is 0 Å². The van der Waals surface area contributed by atoms with Gasteiger partial charge in [-0.25, -0.2) is 17.2 Å². The Hall–Kier alpha value is -2.52. The van der Waals surface area contributed by atoms with E-state index >= 15 is 0 Å². The fourth-order valence-corrected chi connectivity index (χ4v) is 5.15. The summed E-state index contributed by atoms with van der Waals surface area (Å²) in [5, 5.41) is 2.71. The molecule has 0 atom stereocenters. The van der Waals surface area contributed by atoms with E-state index in [1.54, 1.807) is 12.1 Å². The predicted octanol–water partition coefficient (Wildman–Crippen LogP) is 4.07. The van der Waals surface area contributed by atoms with Gasteiger partial charge < -0.3 is 15.1 Å². The highest BCUT2D eigenvalue weighted by molar-refractivity contribution is 7.91. The van der Waals surface area contributed by atoms with Gasteiger partial charge in [0.15, 0.2) is 0 Å². The van der Waals surface area contributed by atoms with E-state index in [2.05, 4.69) is 22.2 Å². The highest BCUT2D eigenvalue weighted by Crippen LogP contribution is 2.32. The lowest BCUT2D eigenvalue weighted by molar-refractivity contribution is -0.116. The van der Waals surface area contributed by atoms with Crippen LogP contribution in [0.2, 0.25) is 0 Å². The van der Waals surface area contributed by atoms with Gasteiger partial charge >= 0.3 is 0 Å². The van der Waals surface area contributed by atoms with Gasteiger partial charge in [-0.3, -0.25) is 4.79 Å². The number of hydrogen-bond donors (Lipinski definition) is 1. The van der Waals surface area contributed by atoms with Crippen LogP contribution >= 0.6 is 0 Å². The van der Waals surface area contributed by atoms with Crippen molar-refractivity contribution in [1.82, 2.24) is 4.90 Å². The zero-order valence-corrected chi connectivity index (χ0v) is 19.2. The maximum Gasteiger partial charge on any atom is 0.224 e. The standard InChI is InChI=1S/C23H29F2N3O3S/c1-3-4-6-23(29)26-21-16-19(28-10-5-9-27(2)11-12-28)7-8-22(21)32(30,31)20-14-17(24)13-18(25)15-20/h7-8,13-16H,3-6,9-12H2,1-2H3,(H,26,29). The van der Waals surface area contributed by atoms with Gasteiger partial charge in [-0.1, -0.05) is 13.3 Å². The number of amides is 1. The second-order valence-electron chi connectivity index (χ2n) is 8.08. The van der Waals surface area contributed by atoms with E-state index in [1.807, 2.05) is 6.92 Å². The molecule has 6 nitrogen and oxygen atoms in total. The van der Waals surface area contributed by atoms with E-state index in [0.717, 1.165) is 56.8 Å². The molecule has 0 bridgehead atoms. The first-order valence-electron chi connectivity index (χ1n) is 10.8. The van der Waals surface area contributed by atoms with Crippen LogP contribution in [0.25, 0.3) is 0 Å². The first-order valence-corrected chi connectivity index (χ1v) is 12.3. The Kier molecular flexibility index (Phi) is 7.84.